The molecular formula is C13H18BrNO4S. The first-order chi connectivity index (χ1) is 9.05. The van der Waals surface area contributed by atoms with Gasteiger partial charge in [0.2, 0.25) is 10.0 Å². The number of esters is 1. The first kappa shape index (κ1) is 17.1. The van der Waals surface area contributed by atoms with Gasteiger partial charge in [-0.25, -0.2) is 13.1 Å². The van der Waals surface area contributed by atoms with E-state index < -0.39 is 21.5 Å². The summed E-state index contributed by atoms with van der Waals surface area (Å²) < 4.78 is 32.6. The van der Waals surface area contributed by atoms with Crippen molar-refractivity contribution >= 4 is 31.9 Å². The first-order valence-corrected chi connectivity index (χ1v) is 8.22. The van der Waals surface area contributed by atoms with Crippen LogP contribution in [0.2, 0.25) is 0 Å². The van der Waals surface area contributed by atoms with E-state index in [0.29, 0.717) is 10.0 Å². The Kier molecular flexibility index (Phi) is 5.34. The zero-order valence-corrected chi connectivity index (χ0v) is 14.3. The maximum atomic E-state index is 12.4. The molecule has 0 bridgehead atoms. The zero-order valence-electron chi connectivity index (χ0n) is 11.9. The summed E-state index contributed by atoms with van der Waals surface area (Å²) in [4.78, 5) is 11.5. The van der Waals surface area contributed by atoms with Crippen LogP contribution in [0.15, 0.2) is 27.6 Å². The zero-order chi connectivity index (χ0) is 15.6. The van der Waals surface area contributed by atoms with Crippen LogP contribution < -0.4 is 4.72 Å². The van der Waals surface area contributed by atoms with Gasteiger partial charge in [-0.05, 0) is 44.5 Å². The lowest BCUT2D eigenvalue weighted by Gasteiger charge is -2.21. The number of sulfonamides is 1. The minimum absolute atomic E-state index is 0.0843. The number of methoxy groups -OCH3 is 1. The summed E-state index contributed by atoms with van der Waals surface area (Å²) in [6, 6.07) is 4.70. The molecule has 1 aromatic rings. The van der Waals surface area contributed by atoms with Crippen molar-refractivity contribution in [2.45, 2.75) is 37.6 Å². The summed E-state index contributed by atoms with van der Waals surface area (Å²) in [5.41, 5.74) is -0.211. The molecule has 0 aliphatic carbocycles. The largest absolute Gasteiger partial charge is 0.469 e. The predicted octanol–water partition coefficient (Wildman–Crippen LogP) is 2.24. The summed E-state index contributed by atoms with van der Waals surface area (Å²) >= 11 is 3.27. The second kappa shape index (κ2) is 6.24. The number of rotatable bonds is 4. The highest BCUT2D eigenvalue weighted by Gasteiger charge is 2.25. The Morgan fingerprint density at radius 1 is 1.35 bits per heavy atom. The average molecular weight is 364 g/mol. The third kappa shape index (κ3) is 4.88. The summed E-state index contributed by atoms with van der Waals surface area (Å²) in [6.07, 6.45) is -0.101. The minimum atomic E-state index is -3.70. The lowest BCUT2D eigenvalue weighted by Crippen LogP contribution is -2.40. The van der Waals surface area contributed by atoms with Gasteiger partial charge in [0.1, 0.15) is 0 Å². The van der Waals surface area contributed by atoms with E-state index >= 15 is 0 Å². The molecule has 5 nitrogen and oxygen atoms in total. The summed E-state index contributed by atoms with van der Waals surface area (Å²) in [6.45, 7) is 5.26. The standard InChI is InChI=1S/C13H18BrNO4S/c1-13(2,3)15-20(17,18)11-6-5-10(14)7-9(11)8-12(16)19-4/h5-7,15H,8H2,1-4H3. The summed E-state index contributed by atoms with van der Waals surface area (Å²) in [5, 5.41) is 0. The van der Waals surface area contributed by atoms with E-state index in [1.807, 2.05) is 0 Å². The number of ether oxygens (including phenoxy) is 1. The van der Waals surface area contributed by atoms with Crippen LogP contribution in [0.3, 0.4) is 0 Å². The third-order valence-electron chi connectivity index (χ3n) is 2.32. The van der Waals surface area contributed by atoms with Crippen LogP contribution in [0, 0.1) is 0 Å². The number of hydrogen-bond acceptors (Lipinski definition) is 4. The van der Waals surface area contributed by atoms with Gasteiger partial charge in [0.05, 0.1) is 18.4 Å². The van der Waals surface area contributed by atoms with Crippen molar-refractivity contribution in [2.75, 3.05) is 7.11 Å². The second-order valence-electron chi connectivity index (χ2n) is 5.36. The van der Waals surface area contributed by atoms with Crippen molar-refractivity contribution < 1.29 is 17.9 Å². The predicted molar refractivity (Wildman–Crippen MR) is 79.9 cm³/mol. The third-order valence-corrected chi connectivity index (χ3v) is 4.67. The van der Waals surface area contributed by atoms with Gasteiger partial charge >= 0.3 is 5.97 Å². The molecule has 0 saturated heterocycles. The smallest absolute Gasteiger partial charge is 0.310 e. The Labute approximate surface area is 127 Å². The normalized spacial score (nSPS) is 12.2. The molecule has 0 aliphatic rings. The van der Waals surface area contributed by atoms with Gasteiger partial charge in [-0.15, -0.1) is 0 Å². The molecule has 0 spiro atoms. The van der Waals surface area contributed by atoms with Crippen LogP contribution in [-0.4, -0.2) is 27.0 Å². The van der Waals surface area contributed by atoms with Crippen LogP contribution >= 0.6 is 15.9 Å². The Morgan fingerprint density at radius 3 is 2.45 bits per heavy atom. The number of benzene rings is 1. The lowest BCUT2D eigenvalue weighted by atomic mass is 10.1. The van der Waals surface area contributed by atoms with Crippen molar-refractivity contribution in [1.29, 1.82) is 0 Å². The number of carbonyl (C=O) groups is 1. The first-order valence-electron chi connectivity index (χ1n) is 5.94. The fourth-order valence-corrected chi connectivity index (χ4v) is 3.68. The van der Waals surface area contributed by atoms with Crippen LogP contribution in [0.4, 0.5) is 0 Å². The Morgan fingerprint density at radius 2 is 1.95 bits per heavy atom. The van der Waals surface area contributed by atoms with E-state index in [2.05, 4.69) is 25.4 Å². The quantitative estimate of drug-likeness (QED) is 0.832. The van der Waals surface area contributed by atoms with Gasteiger partial charge in [0.25, 0.3) is 0 Å². The Balaban J connectivity index is 3.27. The summed E-state index contributed by atoms with van der Waals surface area (Å²) in [7, 11) is -2.43. The van der Waals surface area contributed by atoms with E-state index in [-0.39, 0.29) is 11.3 Å². The molecule has 0 saturated carbocycles. The van der Waals surface area contributed by atoms with Crippen LogP contribution in [0.1, 0.15) is 26.3 Å². The van der Waals surface area contributed by atoms with E-state index in [0.717, 1.165) is 0 Å². The van der Waals surface area contributed by atoms with E-state index in [4.69, 9.17) is 0 Å². The monoisotopic (exact) mass is 363 g/mol. The fourth-order valence-electron chi connectivity index (χ4n) is 1.63. The van der Waals surface area contributed by atoms with E-state index in [1.165, 1.54) is 13.2 Å². The van der Waals surface area contributed by atoms with Crippen molar-refractivity contribution in [3.63, 3.8) is 0 Å². The Hall–Kier alpha value is -0.920. The molecule has 0 atom stereocenters. The number of halogens is 1. The maximum absolute atomic E-state index is 12.4. The van der Waals surface area contributed by atoms with Gasteiger partial charge in [-0.2, -0.15) is 0 Å². The maximum Gasteiger partial charge on any atom is 0.310 e. The highest BCUT2D eigenvalue weighted by molar-refractivity contribution is 9.10. The van der Waals surface area contributed by atoms with Crippen molar-refractivity contribution in [3.8, 4) is 0 Å². The minimum Gasteiger partial charge on any atom is -0.469 e. The molecule has 0 fully saturated rings. The molecule has 1 aromatic carbocycles. The highest BCUT2D eigenvalue weighted by atomic mass is 79.9. The molecule has 0 heterocycles. The molecule has 0 radical (unpaired) electrons. The average Bonchev–Trinajstić information content (AvgIpc) is 2.25. The van der Waals surface area contributed by atoms with E-state index in [1.54, 1.807) is 32.9 Å². The number of carbonyl (C=O) groups excluding carboxylic acids is 1. The Bertz CT molecular complexity index is 605. The van der Waals surface area contributed by atoms with Crippen LogP contribution in [0.5, 0.6) is 0 Å². The van der Waals surface area contributed by atoms with Crippen LogP contribution in [0.25, 0.3) is 0 Å². The van der Waals surface area contributed by atoms with Gasteiger partial charge in [-0.1, -0.05) is 15.9 Å². The van der Waals surface area contributed by atoms with Gasteiger partial charge < -0.3 is 4.74 Å². The SMILES string of the molecule is COC(=O)Cc1cc(Br)ccc1S(=O)(=O)NC(C)(C)C. The lowest BCUT2D eigenvalue weighted by molar-refractivity contribution is -0.139. The molecule has 0 unspecified atom stereocenters. The second-order valence-corrected chi connectivity index (χ2v) is 7.93. The van der Waals surface area contributed by atoms with E-state index in [9.17, 15) is 13.2 Å². The van der Waals surface area contributed by atoms with Crippen molar-refractivity contribution in [2.24, 2.45) is 0 Å². The number of nitrogens with one attached hydrogen (secondary N) is 1. The van der Waals surface area contributed by atoms with Gasteiger partial charge in [0.15, 0.2) is 0 Å². The van der Waals surface area contributed by atoms with Gasteiger partial charge in [0, 0.05) is 10.0 Å². The molecule has 112 valence electrons. The van der Waals surface area contributed by atoms with Crippen molar-refractivity contribution in [3.05, 3.63) is 28.2 Å². The van der Waals surface area contributed by atoms with Crippen LogP contribution in [-0.2, 0) is 26.0 Å². The van der Waals surface area contributed by atoms with Crippen molar-refractivity contribution in [1.82, 2.24) is 4.72 Å². The molecular weight excluding hydrogens is 346 g/mol. The molecule has 1 rings (SSSR count). The molecule has 0 aromatic heterocycles. The topological polar surface area (TPSA) is 72.5 Å². The number of hydrogen-bond donors (Lipinski definition) is 1. The highest BCUT2D eigenvalue weighted by Crippen LogP contribution is 2.23. The summed E-state index contributed by atoms with van der Waals surface area (Å²) in [5.74, 6) is -0.490. The molecule has 7 heteroatoms. The molecule has 20 heavy (non-hydrogen) atoms. The molecule has 0 amide bonds. The molecule has 0 aliphatic heterocycles. The molecule has 1 N–H and O–H groups in total. The van der Waals surface area contributed by atoms with Gasteiger partial charge in [-0.3, -0.25) is 4.79 Å². The fraction of sp³-hybridized carbons (Fsp3) is 0.462.